The Bertz CT molecular complexity index is 997. The molecular formula is C23H31N3O3S. The summed E-state index contributed by atoms with van der Waals surface area (Å²) < 4.78 is 25.9. The Morgan fingerprint density at radius 2 is 1.73 bits per heavy atom. The van der Waals surface area contributed by atoms with E-state index in [9.17, 15) is 13.2 Å². The van der Waals surface area contributed by atoms with Crippen molar-refractivity contribution in [3.63, 3.8) is 0 Å². The molecule has 0 aliphatic carbocycles. The van der Waals surface area contributed by atoms with Gasteiger partial charge in [-0.1, -0.05) is 29.8 Å². The summed E-state index contributed by atoms with van der Waals surface area (Å²) in [7, 11) is -3.60. The van der Waals surface area contributed by atoms with Crippen LogP contribution in [0.1, 0.15) is 42.5 Å². The SMILES string of the molecule is Cc1ccc(N(CC(=O)NC(C)c2ccc(N3CCCC3)cc2)S(C)(=O)=O)c(C)c1. The molecule has 30 heavy (non-hydrogen) atoms. The molecule has 1 saturated heterocycles. The second kappa shape index (κ2) is 9.08. The van der Waals surface area contributed by atoms with Crippen molar-refractivity contribution < 1.29 is 13.2 Å². The summed E-state index contributed by atoms with van der Waals surface area (Å²) in [5.41, 5.74) is 4.58. The van der Waals surface area contributed by atoms with Crippen LogP contribution in [0.4, 0.5) is 11.4 Å². The summed E-state index contributed by atoms with van der Waals surface area (Å²) in [6, 6.07) is 13.5. The fourth-order valence-electron chi connectivity index (χ4n) is 3.92. The van der Waals surface area contributed by atoms with Gasteiger partial charge in [-0.05, 0) is 62.9 Å². The topological polar surface area (TPSA) is 69.7 Å². The van der Waals surface area contributed by atoms with E-state index in [1.807, 2.05) is 45.0 Å². The minimum Gasteiger partial charge on any atom is -0.372 e. The number of carbonyl (C=O) groups is 1. The van der Waals surface area contributed by atoms with Gasteiger partial charge in [0.05, 0.1) is 18.0 Å². The summed E-state index contributed by atoms with van der Waals surface area (Å²) in [5.74, 6) is -0.337. The van der Waals surface area contributed by atoms with E-state index in [1.165, 1.54) is 22.8 Å². The van der Waals surface area contributed by atoms with E-state index in [0.29, 0.717) is 5.69 Å². The van der Waals surface area contributed by atoms with Gasteiger partial charge in [0.1, 0.15) is 6.54 Å². The molecule has 1 amide bonds. The fraction of sp³-hybridized carbons (Fsp3) is 0.435. The van der Waals surface area contributed by atoms with Gasteiger partial charge < -0.3 is 10.2 Å². The van der Waals surface area contributed by atoms with Crippen molar-refractivity contribution in [1.82, 2.24) is 5.32 Å². The van der Waals surface area contributed by atoms with Crippen LogP contribution in [0, 0.1) is 13.8 Å². The molecule has 0 aromatic heterocycles. The van der Waals surface area contributed by atoms with Crippen LogP contribution in [0.25, 0.3) is 0 Å². The molecule has 1 unspecified atom stereocenters. The summed E-state index contributed by atoms with van der Waals surface area (Å²) >= 11 is 0. The molecule has 2 aromatic carbocycles. The minimum absolute atomic E-state index is 0.217. The first-order valence-electron chi connectivity index (χ1n) is 10.3. The van der Waals surface area contributed by atoms with Gasteiger partial charge in [-0.15, -0.1) is 0 Å². The van der Waals surface area contributed by atoms with E-state index < -0.39 is 10.0 Å². The minimum atomic E-state index is -3.60. The molecule has 1 aliphatic rings. The van der Waals surface area contributed by atoms with E-state index in [4.69, 9.17) is 0 Å². The molecule has 0 spiro atoms. The largest absolute Gasteiger partial charge is 0.372 e. The molecule has 0 saturated carbocycles. The van der Waals surface area contributed by atoms with Crippen LogP contribution in [0.3, 0.4) is 0 Å². The van der Waals surface area contributed by atoms with Gasteiger partial charge in [-0.3, -0.25) is 9.10 Å². The van der Waals surface area contributed by atoms with E-state index in [0.717, 1.165) is 36.0 Å². The van der Waals surface area contributed by atoms with Crippen LogP contribution in [-0.4, -0.2) is 40.2 Å². The highest BCUT2D eigenvalue weighted by atomic mass is 32.2. The monoisotopic (exact) mass is 429 g/mol. The molecule has 7 heteroatoms. The molecule has 6 nitrogen and oxygen atoms in total. The number of carbonyl (C=O) groups excluding carboxylic acids is 1. The van der Waals surface area contributed by atoms with Crippen molar-refractivity contribution in [2.24, 2.45) is 0 Å². The maximum Gasteiger partial charge on any atom is 0.241 e. The number of anilines is 2. The number of hydrogen-bond donors (Lipinski definition) is 1. The van der Waals surface area contributed by atoms with Crippen LogP contribution in [0.5, 0.6) is 0 Å². The Labute approximate surface area is 179 Å². The van der Waals surface area contributed by atoms with E-state index in [-0.39, 0.29) is 18.5 Å². The lowest BCUT2D eigenvalue weighted by Crippen LogP contribution is -2.41. The molecule has 1 N–H and O–H groups in total. The Morgan fingerprint density at radius 1 is 1.10 bits per heavy atom. The molecule has 1 heterocycles. The molecule has 3 rings (SSSR count). The number of aryl methyl sites for hydroxylation is 2. The third-order valence-electron chi connectivity index (χ3n) is 5.55. The molecular weight excluding hydrogens is 398 g/mol. The molecule has 1 aliphatic heterocycles. The predicted octanol–water partition coefficient (Wildman–Crippen LogP) is 3.55. The standard InChI is InChI=1S/C23H31N3O3S/c1-17-7-12-22(18(2)15-17)26(30(4,28)29)16-23(27)24-19(3)20-8-10-21(11-9-20)25-13-5-6-14-25/h7-12,15,19H,5-6,13-14,16H2,1-4H3,(H,24,27). The zero-order valence-corrected chi connectivity index (χ0v) is 19.0. The lowest BCUT2D eigenvalue weighted by Gasteiger charge is -2.25. The lowest BCUT2D eigenvalue weighted by molar-refractivity contribution is -0.120. The Morgan fingerprint density at radius 3 is 2.30 bits per heavy atom. The second-order valence-corrected chi connectivity index (χ2v) is 10.0. The average Bonchev–Trinajstić information content (AvgIpc) is 3.21. The molecule has 162 valence electrons. The van der Waals surface area contributed by atoms with Gasteiger partial charge >= 0.3 is 0 Å². The molecule has 0 radical (unpaired) electrons. The summed E-state index contributed by atoms with van der Waals surface area (Å²) in [6.45, 7) is 7.63. The lowest BCUT2D eigenvalue weighted by atomic mass is 10.1. The third-order valence-corrected chi connectivity index (χ3v) is 6.68. The Hall–Kier alpha value is -2.54. The molecule has 1 atom stereocenters. The maximum atomic E-state index is 12.7. The van der Waals surface area contributed by atoms with E-state index in [1.54, 1.807) is 6.07 Å². The highest BCUT2D eigenvalue weighted by Crippen LogP contribution is 2.25. The predicted molar refractivity (Wildman–Crippen MR) is 123 cm³/mol. The molecule has 1 fully saturated rings. The average molecular weight is 430 g/mol. The van der Waals surface area contributed by atoms with Gasteiger partial charge in [-0.2, -0.15) is 0 Å². The number of rotatable bonds is 7. The van der Waals surface area contributed by atoms with Crippen molar-refractivity contribution in [2.45, 2.75) is 39.7 Å². The zero-order chi connectivity index (χ0) is 21.9. The van der Waals surface area contributed by atoms with Gasteiger partial charge in [0, 0.05) is 18.8 Å². The smallest absolute Gasteiger partial charge is 0.241 e. The zero-order valence-electron chi connectivity index (χ0n) is 18.2. The number of benzene rings is 2. The quantitative estimate of drug-likeness (QED) is 0.731. The number of nitrogens with zero attached hydrogens (tertiary/aromatic N) is 2. The van der Waals surface area contributed by atoms with Gasteiger partial charge in [0.25, 0.3) is 0 Å². The van der Waals surface area contributed by atoms with Crippen LogP contribution in [0.2, 0.25) is 0 Å². The highest BCUT2D eigenvalue weighted by Gasteiger charge is 2.23. The van der Waals surface area contributed by atoms with Crippen LogP contribution < -0.4 is 14.5 Å². The Kier molecular flexibility index (Phi) is 6.71. The van der Waals surface area contributed by atoms with E-state index >= 15 is 0 Å². The fourth-order valence-corrected chi connectivity index (χ4v) is 4.83. The number of nitrogens with one attached hydrogen (secondary N) is 1. The summed E-state index contributed by atoms with van der Waals surface area (Å²) in [4.78, 5) is 15.0. The number of sulfonamides is 1. The summed E-state index contributed by atoms with van der Waals surface area (Å²) in [6.07, 6.45) is 3.58. The second-order valence-electron chi connectivity index (χ2n) is 8.13. The van der Waals surface area contributed by atoms with Gasteiger partial charge in [0.15, 0.2) is 0 Å². The Balaban J connectivity index is 1.69. The number of hydrogen-bond acceptors (Lipinski definition) is 4. The first-order chi connectivity index (χ1) is 14.1. The van der Waals surface area contributed by atoms with Crippen molar-refractivity contribution in [2.75, 3.05) is 35.1 Å². The highest BCUT2D eigenvalue weighted by molar-refractivity contribution is 7.92. The normalized spacial score (nSPS) is 15.1. The molecule has 0 bridgehead atoms. The van der Waals surface area contributed by atoms with Crippen LogP contribution >= 0.6 is 0 Å². The van der Waals surface area contributed by atoms with Crippen molar-refractivity contribution in [3.8, 4) is 0 Å². The first kappa shape index (κ1) is 22.2. The van der Waals surface area contributed by atoms with Crippen molar-refractivity contribution >= 4 is 27.3 Å². The van der Waals surface area contributed by atoms with E-state index in [2.05, 4.69) is 22.3 Å². The first-order valence-corrected chi connectivity index (χ1v) is 12.2. The van der Waals surface area contributed by atoms with Crippen LogP contribution in [0.15, 0.2) is 42.5 Å². The molecule has 2 aromatic rings. The third kappa shape index (κ3) is 5.33. The maximum absolute atomic E-state index is 12.7. The van der Waals surface area contributed by atoms with Gasteiger partial charge in [0.2, 0.25) is 15.9 Å². The van der Waals surface area contributed by atoms with Crippen molar-refractivity contribution in [1.29, 1.82) is 0 Å². The summed E-state index contributed by atoms with van der Waals surface area (Å²) in [5, 5.41) is 2.93. The number of amides is 1. The van der Waals surface area contributed by atoms with Crippen molar-refractivity contribution in [3.05, 3.63) is 59.2 Å². The van der Waals surface area contributed by atoms with Crippen LogP contribution in [-0.2, 0) is 14.8 Å². The van der Waals surface area contributed by atoms with Gasteiger partial charge in [-0.25, -0.2) is 8.42 Å².